The average Bonchev–Trinajstić information content (AvgIpc) is 2.68. The van der Waals surface area contributed by atoms with E-state index in [0.29, 0.717) is 0 Å². The molecule has 34 heavy (non-hydrogen) atoms. The van der Waals surface area contributed by atoms with Crippen LogP contribution in [0.25, 0.3) is 0 Å². The Bertz CT molecular complexity index is 1160. The van der Waals surface area contributed by atoms with Gasteiger partial charge in [0.15, 0.2) is 0 Å². The number of hydrogen-bond donors (Lipinski definition) is 2. The van der Waals surface area contributed by atoms with Crippen LogP contribution < -0.4 is 11.1 Å². The summed E-state index contributed by atoms with van der Waals surface area (Å²) in [5.74, 6) is -0.390. The number of nitrogens with two attached hydrogens (primary N) is 1. The Balaban J connectivity index is 0.000000362. The minimum absolute atomic E-state index is 0.0383. The Labute approximate surface area is 192 Å². The number of nitrogens with zero attached hydrogens (tertiary/aromatic N) is 2. The molecule has 0 aromatic heterocycles. The number of alkyl halides is 6. The molecule has 0 saturated carbocycles. The number of carbonyl (C=O) groups excluding carboxylic acids is 1. The predicted molar refractivity (Wildman–Crippen MR) is 114 cm³/mol. The van der Waals surface area contributed by atoms with Gasteiger partial charge in [-0.15, -0.1) is 0 Å². The van der Waals surface area contributed by atoms with Crippen LogP contribution in [0.15, 0.2) is 24.3 Å². The maximum absolute atomic E-state index is 13.0. The molecule has 1 amide bonds. The van der Waals surface area contributed by atoms with E-state index >= 15 is 0 Å². The number of carbonyl (C=O) groups is 1. The Morgan fingerprint density at radius 2 is 1.24 bits per heavy atom. The molecule has 0 aliphatic rings. The molecular weight excluding hydrogens is 462 g/mol. The predicted octanol–water partition coefficient (Wildman–Crippen LogP) is 6.34. The Morgan fingerprint density at radius 1 is 0.824 bits per heavy atom. The molecule has 0 atom stereocenters. The van der Waals surface area contributed by atoms with Crippen molar-refractivity contribution in [1.29, 1.82) is 10.5 Å². The standard InChI is InChI=1S/C14H15F3N2O.C9H7F3N2/c1-8-10(19-12(20)13(2,3)4)6-5-9(7-18)11(8)14(15,16)17;1-5-7(14)3-2-6(4-13)8(5)9(10,11)12/h5-6H,1-4H3,(H,19,20);2-3H,14H2,1H3. The van der Waals surface area contributed by atoms with E-state index in [1.165, 1.54) is 38.1 Å². The molecule has 2 aromatic carbocycles. The molecule has 0 spiro atoms. The fourth-order valence-corrected chi connectivity index (χ4v) is 2.80. The van der Waals surface area contributed by atoms with Crippen LogP contribution in [0.2, 0.25) is 0 Å². The van der Waals surface area contributed by atoms with E-state index in [9.17, 15) is 31.1 Å². The van der Waals surface area contributed by atoms with E-state index in [1.807, 2.05) is 0 Å². The summed E-state index contributed by atoms with van der Waals surface area (Å²) < 4.78 is 76.4. The molecule has 0 bridgehead atoms. The molecular formula is C23H22F6N4O. The van der Waals surface area contributed by atoms with E-state index < -0.39 is 45.9 Å². The van der Waals surface area contributed by atoms with Crippen LogP contribution in [0.4, 0.5) is 37.7 Å². The maximum atomic E-state index is 13.0. The molecule has 0 aliphatic heterocycles. The van der Waals surface area contributed by atoms with E-state index in [-0.39, 0.29) is 22.5 Å². The van der Waals surface area contributed by atoms with Crippen molar-refractivity contribution in [1.82, 2.24) is 0 Å². The molecule has 11 heteroatoms. The molecule has 0 heterocycles. The van der Waals surface area contributed by atoms with Crippen molar-refractivity contribution in [2.24, 2.45) is 5.41 Å². The van der Waals surface area contributed by atoms with E-state index in [0.717, 1.165) is 12.1 Å². The van der Waals surface area contributed by atoms with Gasteiger partial charge in [-0.1, -0.05) is 20.8 Å². The summed E-state index contributed by atoms with van der Waals surface area (Å²) in [4.78, 5) is 11.8. The van der Waals surface area contributed by atoms with Crippen molar-refractivity contribution < 1.29 is 31.1 Å². The molecule has 3 N–H and O–H groups in total. The number of amides is 1. The SMILES string of the molecule is Cc1c(N)ccc(C#N)c1C(F)(F)F.Cc1c(NC(=O)C(C)(C)C)ccc(C#N)c1C(F)(F)F. The minimum atomic E-state index is -4.64. The smallest absolute Gasteiger partial charge is 0.399 e. The zero-order valence-electron chi connectivity index (χ0n) is 19.0. The van der Waals surface area contributed by atoms with Gasteiger partial charge >= 0.3 is 12.4 Å². The zero-order chi connectivity index (χ0) is 26.6. The lowest BCUT2D eigenvalue weighted by Crippen LogP contribution is -2.28. The van der Waals surface area contributed by atoms with Crippen LogP contribution in [-0.2, 0) is 17.1 Å². The number of rotatable bonds is 1. The highest BCUT2D eigenvalue weighted by Crippen LogP contribution is 2.38. The highest BCUT2D eigenvalue weighted by Gasteiger charge is 2.37. The third-order valence-corrected chi connectivity index (χ3v) is 4.71. The van der Waals surface area contributed by atoms with Crippen molar-refractivity contribution in [3.05, 3.63) is 57.6 Å². The Kier molecular flexibility index (Phi) is 8.36. The molecule has 2 rings (SSSR count). The molecule has 0 fully saturated rings. The second-order valence-electron chi connectivity index (χ2n) is 8.29. The lowest BCUT2D eigenvalue weighted by atomic mass is 9.94. The molecule has 0 saturated heterocycles. The molecule has 2 aromatic rings. The summed E-state index contributed by atoms with van der Waals surface area (Å²) in [7, 11) is 0. The fraction of sp³-hybridized carbons (Fsp3) is 0.348. The van der Waals surface area contributed by atoms with Crippen molar-refractivity contribution >= 4 is 17.3 Å². The van der Waals surface area contributed by atoms with Crippen molar-refractivity contribution in [3.8, 4) is 12.1 Å². The molecule has 0 radical (unpaired) electrons. The van der Waals surface area contributed by atoms with Crippen LogP contribution >= 0.6 is 0 Å². The summed E-state index contributed by atoms with van der Waals surface area (Å²) in [5.41, 5.74) is 1.65. The lowest BCUT2D eigenvalue weighted by Gasteiger charge is -2.21. The largest absolute Gasteiger partial charge is 0.418 e. The molecule has 0 unspecified atom stereocenters. The first-order chi connectivity index (χ1) is 15.4. The summed E-state index contributed by atoms with van der Waals surface area (Å²) in [6.45, 7) is 7.46. The van der Waals surface area contributed by atoms with Gasteiger partial charge in [-0.3, -0.25) is 4.79 Å². The lowest BCUT2D eigenvalue weighted by molar-refractivity contribution is -0.139. The summed E-state index contributed by atoms with van der Waals surface area (Å²) in [6.07, 6.45) is -9.18. The van der Waals surface area contributed by atoms with Gasteiger partial charge < -0.3 is 11.1 Å². The van der Waals surface area contributed by atoms with Gasteiger partial charge in [0.05, 0.1) is 34.4 Å². The van der Waals surface area contributed by atoms with Gasteiger partial charge in [-0.25, -0.2) is 0 Å². The number of nitrogen functional groups attached to an aromatic ring is 1. The third kappa shape index (κ3) is 6.64. The van der Waals surface area contributed by atoms with Crippen molar-refractivity contribution in [2.75, 3.05) is 11.1 Å². The van der Waals surface area contributed by atoms with Gasteiger partial charge in [0.2, 0.25) is 5.91 Å². The van der Waals surface area contributed by atoms with Gasteiger partial charge in [0.25, 0.3) is 0 Å². The number of nitrogens with one attached hydrogen (secondary N) is 1. The Morgan fingerprint density at radius 3 is 1.62 bits per heavy atom. The van der Waals surface area contributed by atoms with E-state index in [1.54, 1.807) is 20.8 Å². The van der Waals surface area contributed by atoms with Crippen LogP contribution in [0.3, 0.4) is 0 Å². The monoisotopic (exact) mass is 484 g/mol. The number of nitriles is 2. The third-order valence-electron chi connectivity index (χ3n) is 4.71. The first-order valence-corrected chi connectivity index (χ1v) is 9.65. The zero-order valence-corrected chi connectivity index (χ0v) is 19.0. The Hall–Kier alpha value is -3.73. The quantitative estimate of drug-likeness (QED) is 0.364. The highest BCUT2D eigenvalue weighted by atomic mass is 19.4. The highest BCUT2D eigenvalue weighted by molar-refractivity contribution is 5.95. The molecule has 182 valence electrons. The topological polar surface area (TPSA) is 103 Å². The molecule has 0 aliphatic carbocycles. The van der Waals surface area contributed by atoms with Gasteiger partial charge in [-0.05, 0) is 49.2 Å². The van der Waals surface area contributed by atoms with E-state index in [4.69, 9.17) is 16.3 Å². The second-order valence-corrected chi connectivity index (χ2v) is 8.29. The number of halogens is 6. The summed E-state index contributed by atoms with van der Waals surface area (Å²) in [5, 5.41) is 19.7. The van der Waals surface area contributed by atoms with Crippen LogP contribution in [0.5, 0.6) is 0 Å². The van der Waals surface area contributed by atoms with Crippen molar-refractivity contribution in [3.63, 3.8) is 0 Å². The second kappa shape index (κ2) is 10.0. The average molecular weight is 484 g/mol. The van der Waals surface area contributed by atoms with Crippen LogP contribution in [0.1, 0.15) is 54.2 Å². The normalized spacial score (nSPS) is 11.6. The maximum Gasteiger partial charge on any atom is 0.418 e. The first-order valence-electron chi connectivity index (χ1n) is 9.65. The van der Waals surface area contributed by atoms with Crippen LogP contribution in [-0.4, -0.2) is 5.91 Å². The van der Waals surface area contributed by atoms with E-state index in [2.05, 4.69) is 5.32 Å². The number of benzene rings is 2. The minimum Gasteiger partial charge on any atom is -0.399 e. The van der Waals surface area contributed by atoms with Crippen molar-refractivity contribution in [2.45, 2.75) is 47.0 Å². The summed E-state index contributed by atoms with van der Waals surface area (Å²) in [6, 6.07) is 7.76. The number of hydrogen-bond acceptors (Lipinski definition) is 4. The fourth-order valence-electron chi connectivity index (χ4n) is 2.80. The first kappa shape index (κ1) is 28.3. The van der Waals surface area contributed by atoms with Gasteiger partial charge in [0, 0.05) is 16.8 Å². The van der Waals surface area contributed by atoms with Gasteiger partial charge in [0.1, 0.15) is 0 Å². The molecule has 5 nitrogen and oxygen atoms in total. The van der Waals surface area contributed by atoms with Gasteiger partial charge in [-0.2, -0.15) is 36.9 Å². The summed E-state index contributed by atoms with van der Waals surface area (Å²) >= 11 is 0. The van der Waals surface area contributed by atoms with Crippen LogP contribution in [0, 0.1) is 41.9 Å². The number of anilines is 2.